The number of aryl methyl sites for hydroxylation is 2. The standard InChI is InChI=1S/C17H25N5O3/c1-20(8-4-10-25-2)9-7-18-17-19-22(24)16-12-14-6-3-5-13(14)11-15(16)21(17)23/h11-12H,3-10H2,1-2H3,(H,18,19). The summed E-state index contributed by atoms with van der Waals surface area (Å²) in [7, 11) is 3.70. The van der Waals surface area contributed by atoms with E-state index in [1.807, 2.05) is 13.1 Å². The number of rotatable bonds is 8. The van der Waals surface area contributed by atoms with Gasteiger partial charge in [0.05, 0.1) is 6.54 Å². The number of hydrogen-bond acceptors (Lipinski definition) is 6. The van der Waals surface area contributed by atoms with Gasteiger partial charge >= 0.3 is 5.95 Å². The van der Waals surface area contributed by atoms with Crippen molar-refractivity contribution in [1.29, 1.82) is 0 Å². The number of nitrogens with zero attached hydrogens (tertiary/aromatic N) is 4. The molecular formula is C17H25N5O3. The molecule has 0 saturated heterocycles. The molecule has 0 radical (unpaired) electrons. The maximum atomic E-state index is 12.6. The highest BCUT2D eigenvalue weighted by Crippen LogP contribution is 2.24. The molecule has 8 nitrogen and oxygen atoms in total. The molecule has 1 aromatic heterocycles. The first-order valence-electron chi connectivity index (χ1n) is 8.70. The Bertz CT molecular complexity index is 753. The Balaban J connectivity index is 1.70. The SMILES string of the molecule is COCCCN(C)CCNc1n[n+]([O-])c2cc3c(cc2[n+]1[O-])CCC3. The molecule has 1 heterocycles. The van der Waals surface area contributed by atoms with Crippen LogP contribution in [0.25, 0.3) is 11.0 Å². The Morgan fingerprint density at radius 2 is 1.92 bits per heavy atom. The van der Waals surface area contributed by atoms with Gasteiger partial charge in [0.2, 0.25) is 5.10 Å². The molecule has 0 aliphatic heterocycles. The number of anilines is 1. The Labute approximate surface area is 147 Å². The molecule has 0 bridgehead atoms. The zero-order valence-electron chi connectivity index (χ0n) is 14.8. The third-order valence-electron chi connectivity index (χ3n) is 4.66. The number of benzene rings is 1. The van der Waals surface area contributed by atoms with Crippen LogP contribution in [-0.4, -0.2) is 50.4 Å². The van der Waals surface area contributed by atoms with Crippen molar-refractivity contribution >= 4 is 17.0 Å². The van der Waals surface area contributed by atoms with Crippen LogP contribution in [0.3, 0.4) is 0 Å². The number of nitrogens with one attached hydrogen (secondary N) is 1. The van der Waals surface area contributed by atoms with Gasteiger partial charge in [-0.25, -0.2) is 4.73 Å². The molecule has 8 heteroatoms. The van der Waals surface area contributed by atoms with Crippen molar-refractivity contribution in [2.75, 3.05) is 45.7 Å². The molecule has 0 amide bonds. The summed E-state index contributed by atoms with van der Waals surface area (Å²) in [6.07, 6.45) is 3.94. The van der Waals surface area contributed by atoms with Crippen molar-refractivity contribution in [3.05, 3.63) is 33.7 Å². The molecule has 136 valence electrons. The van der Waals surface area contributed by atoms with E-state index in [0.717, 1.165) is 61.2 Å². The van der Waals surface area contributed by atoms with E-state index in [4.69, 9.17) is 4.74 Å². The quantitative estimate of drug-likeness (QED) is 0.421. The Kier molecular flexibility index (Phi) is 5.50. The lowest BCUT2D eigenvalue weighted by Crippen LogP contribution is -2.45. The average Bonchev–Trinajstić information content (AvgIpc) is 3.05. The molecule has 25 heavy (non-hydrogen) atoms. The monoisotopic (exact) mass is 347 g/mol. The van der Waals surface area contributed by atoms with Gasteiger partial charge in [0, 0.05) is 37.7 Å². The summed E-state index contributed by atoms with van der Waals surface area (Å²) >= 11 is 0. The molecule has 1 N–H and O–H groups in total. The van der Waals surface area contributed by atoms with Gasteiger partial charge in [0.25, 0.3) is 5.52 Å². The lowest BCUT2D eigenvalue weighted by Gasteiger charge is -2.16. The van der Waals surface area contributed by atoms with E-state index in [0.29, 0.717) is 22.4 Å². The van der Waals surface area contributed by atoms with Crippen LogP contribution in [0.2, 0.25) is 0 Å². The van der Waals surface area contributed by atoms with Gasteiger partial charge in [0.15, 0.2) is 5.52 Å². The second-order valence-electron chi connectivity index (χ2n) is 6.53. The molecule has 3 rings (SSSR count). The number of hydrogen-bond donors (Lipinski definition) is 1. The van der Waals surface area contributed by atoms with Crippen LogP contribution in [0.15, 0.2) is 12.1 Å². The van der Waals surface area contributed by atoms with Crippen molar-refractivity contribution in [2.45, 2.75) is 25.7 Å². The fourth-order valence-electron chi connectivity index (χ4n) is 3.26. The fraction of sp³-hybridized carbons (Fsp3) is 0.588. The molecule has 2 aromatic rings. The van der Waals surface area contributed by atoms with Gasteiger partial charge in [0.1, 0.15) is 0 Å². The number of likely N-dealkylation sites (N-methyl/N-ethyl adjacent to an activating group) is 1. The largest absolute Gasteiger partial charge is 0.739 e. The highest BCUT2D eigenvalue weighted by molar-refractivity contribution is 5.71. The summed E-state index contributed by atoms with van der Waals surface area (Å²) in [5, 5.41) is 31.6. The third kappa shape index (κ3) is 3.91. The number of aromatic nitrogens is 3. The zero-order valence-corrected chi connectivity index (χ0v) is 14.8. The van der Waals surface area contributed by atoms with Gasteiger partial charge in [-0.2, -0.15) is 0 Å². The fourth-order valence-corrected chi connectivity index (χ4v) is 3.26. The predicted molar refractivity (Wildman–Crippen MR) is 94.2 cm³/mol. The highest BCUT2D eigenvalue weighted by atomic mass is 16.5. The normalized spacial score (nSPS) is 13.6. The van der Waals surface area contributed by atoms with Gasteiger partial charge in [-0.15, -0.1) is 0 Å². The molecule has 1 aliphatic rings. The van der Waals surface area contributed by atoms with Crippen LogP contribution >= 0.6 is 0 Å². The molecule has 0 atom stereocenters. The van der Waals surface area contributed by atoms with Crippen LogP contribution in [0.1, 0.15) is 24.0 Å². The molecule has 1 aliphatic carbocycles. The smallest absolute Gasteiger partial charge is 0.461 e. The van der Waals surface area contributed by atoms with Crippen molar-refractivity contribution in [3.8, 4) is 0 Å². The van der Waals surface area contributed by atoms with Crippen LogP contribution in [0.4, 0.5) is 5.95 Å². The zero-order chi connectivity index (χ0) is 17.8. The van der Waals surface area contributed by atoms with E-state index in [1.165, 1.54) is 0 Å². The van der Waals surface area contributed by atoms with E-state index < -0.39 is 0 Å². The second kappa shape index (κ2) is 7.79. The Morgan fingerprint density at radius 3 is 2.64 bits per heavy atom. The van der Waals surface area contributed by atoms with Gasteiger partial charge in [-0.05, 0) is 49.9 Å². The lowest BCUT2D eigenvalue weighted by atomic mass is 10.1. The van der Waals surface area contributed by atoms with Crippen LogP contribution in [-0.2, 0) is 17.6 Å². The summed E-state index contributed by atoms with van der Waals surface area (Å²) in [4.78, 5) is 2.69. The molecule has 0 saturated carbocycles. The summed E-state index contributed by atoms with van der Waals surface area (Å²) in [5.41, 5.74) is 3.02. The molecule has 0 spiro atoms. The van der Waals surface area contributed by atoms with E-state index in [2.05, 4.69) is 15.3 Å². The van der Waals surface area contributed by atoms with Crippen LogP contribution in [0, 0.1) is 10.4 Å². The first-order valence-corrected chi connectivity index (χ1v) is 8.70. The highest BCUT2D eigenvalue weighted by Gasteiger charge is 2.23. The second-order valence-corrected chi connectivity index (χ2v) is 6.53. The van der Waals surface area contributed by atoms with Crippen LogP contribution < -0.4 is 14.9 Å². The van der Waals surface area contributed by atoms with Gasteiger partial charge < -0.3 is 20.1 Å². The van der Waals surface area contributed by atoms with Gasteiger partial charge in [-0.3, -0.25) is 5.32 Å². The molecular weight excluding hydrogens is 322 g/mol. The Morgan fingerprint density at radius 1 is 1.20 bits per heavy atom. The Hall–Kier alpha value is -2.19. The van der Waals surface area contributed by atoms with Crippen molar-refractivity contribution in [1.82, 2.24) is 10.00 Å². The van der Waals surface area contributed by atoms with E-state index in [9.17, 15) is 10.4 Å². The van der Waals surface area contributed by atoms with Crippen molar-refractivity contribution < 1.29 is 14.3 Å². The number of ether oxygens (including phenoxy) is 1. The summed E-state index contributed by atoms with van der Waals surface area (Å²) in [5.74, 6) is 0.0470. The van der Waals surface area contributed by atoms with E-state index >= 15 is 0 Å². The minimum Gasteiger partial charge on any atom is -0.739 e. The maximum absolute atomic E-state index is 12.6. The lowest BCUT2D eigenvalue weighted by molar-refractivity contribution is -0.672. The first-order chi connectivity index (χ1) is 12.1. The van der Waals surface area contributed by atoms with E-state index in [-0.39, 0.29) is 5.95 Å². The minimum absolute atomic E-state index is 0.0470. The van der Waals surface area contributed by atoms with Crippen molar-refractivity contribution in [2.24, 2.45) is 0 Å². The molecule has 0 unspecified atom stereocenters. The first kappa shape index (κ1) is 17.6. The minimum atomic E-state index is 0.0470. The number of methoxy groups -OCH3 is 1. The topological polar surface area (TPSA) is 91.3 Å². The predicted octanol–water partition coefficient (Wildman–Crippen LogP) is 0.371. The average molecular weight is 347 g/mol. The molecule has 1 aromatic carbocycles. The molecule has 0 fully saturated rings. The number of fused-ring (bicyclic) bond motifs is 2. The third-order valence-corrected chi connectivity index (χ3v) is 4.66. The van der Waals surface area contributed by atoms with Crippen LogP contribution in [0.5, 0.6) is 0 Å². The summed E-state index contributed by atoms with van der Waals surface area (Å²) in [6, 6.07) is 3.64. The summed E-state index contributed by atoms with van der Waals surface area (Å²) in [6.45, 7) is 2.92. The van der Waals surface area contributed by atoms with Gasteiger partial charge in [-0.1, -0.05) is 0 Å². The summed E-state index contributed by atoms with van der Waals surface area (Å²) < 4.78 is 5.76. The maximum Gasteiger partial charge on any atom is 0.461 e. The van der Waals surface area contributed by atoms with E-state index in [1.54, 1.807) is 13.2 Å². The van der Waals surface area contributed by atoms with Crippen molar-refractivity contribution in [3.63, 3.8) is 0 Å².